The molecule has 3 aromatic rings. The zero-order chi connectivity index (χ0) is 30.8. The number of hydrogen-bond acceptors (Lipinski definition) is 6. The maximum absolute atomic E-state index is 13.8. The highest BCUT2D eigenvalue weighted by Crippen LogP contribution is 2.41. The number of aromatic nitrogens is 2. The van der Waals surface area contributed by atoms with Crippen LogP contribution in [0.3, 0.4) is 0 Å². The molecule has 2 heterocycles. The topological polar surface area (TPSA) is 89.8 Å². The van der Waals surface area contributed by atoms with Crippen LogP contribution in [0.4, 0.5) is 37.8 Å². The molecule has 0 aliphatic heterocycles. The van der Waals surface area contributed by atoms with Crippen molar-refractivity contribution in [2.24, 2.45) is 0 Å². The van der Waals surface area contributed by atoms with E-state index in [9.17, 15) is 41.4 Å². The molecule has 41 heavy (non-hydrogen) atoms. The number of rotatable bonds is 9. The average molecular weight is 585 g/mol. The third kappa shape index (κ3) is 6.96. The first-order valence-electron chi connectivity index (χ1n) is 12.5. The van der Waals surface area contributed by atoms with Gasteiger partial charge in [0.15, 0.2) is 0 Å². The molecule has 2 aromatic heterocycles. The lowest BCUT2D eigenvalue weighted by Crippen LogP contribution is -2.42. The molecule has 0 aliphatic carbocycles. The monoisotopic (exact) mass is 584 g/mol. The maximum Gasteiger partial charge on any atom is 0.416 e. The van der Waals surface area contributed by atoms with E-state index < -0.39 is 40.4 Å². The molecular weight excluding hydrogens is 554 g/mol. The van der Waals surface area contributed by atoms with E-state index in [1.807, 2.05) is 0 Å². The van der Waals surface area contributed by atoms with E-state index in [-0.39, 0.29) is 38.1 Å². The summed E-state index contributed by atoms with van der Waals surface area (Å²) >= 11 is 0. The van der Waals surface area contributed by atoms with Crippen molar-refractivity contribution in [3.05, 3.63) is 71.2 Å². The zero-order valence-corrected chi connectivity index (χ0v) is 22.8. The van der Waals surface area contributed by atoms with Crippen molar-refractivity contribution in [2.75, 3.05) is 43.2 Å². The zero-order valence-electron chi connectivity index (χ0n) is 22.8. The minimum Gasteiger partial charge on any atom is -0.395 e. The number of pyridine rings is 2. The van der Waals surface area contributed by atoms with Gasteiger partial charge in [0.25, 0.3) is 0 Å². The number of amides is 1. The Labute approximate surface area is 233 Å². The number of aliphatic hydroxyl groups is 2. The Morgan fingerprint density at radius 3 is 1.88 bits per heavy atom. The minimum absolute atomic E-state index is 0.0181. The standard InChI is InChI=1S/C28H30F6N4O3/c1-17-21(6-5-7-35-17)22-15-24(38(8-10-39)9-11-40)36-16-23(22)37(4)25(41)26(2,3)18-12-19(27(29,30)31)14-20(13-18)28(32,33)34/h5-7,12-16,39-40H,8-11H2,1-4H3. The van der Waals surface area contributed by atoms with E-state index in [2.05, 4.69) is 9.97 Å². The van der Waals surface area contributed by atoms with Gasteiger partial charge in [0.05, 0.1) is 41.6 Å². The van der Waals surface area contributed by atoms with Gasteiger partial charge in [-0.1, -0.05) is 6.07 Å². The predicted octanol–water partition coefficient (Wildman–Crippen LogP) is 5.22. The molecule has 0 saturated carbocycles. The van der Waals surface area contributed by atoms with Gasteiger partial charge in [0.1, 0.15) is 5.82 Å². The van der Waals surface area contributed by atoms with Crippen LogP contribution in [-0.4, -0.2) is 59.4 Å². The quantitative estimate of drug-likeness (QED) is 0.336. The van der Waals surface area contributed by atoms with Gasteiger partial charge in [-0.25, -0.2) is 4.98 Å². The fraction of sp³-hybridized carbons (Fsp3) is 0.393. The summed E-state index contributed by atoms with van der Waals surface area (Å²) in [5.74, 6) is -0.423. The summed E-state index contributed by atoms with van der Waals surface area (Å²) in [7, 11) is 1.35. The van der Waals surface area contributed by atoms with E-state index in [4.69, 9.17) is 0 Å². The number of halogens is 6. The summed E-state index contributed by atoms with van der Waals surface area (Å²) in [6.45, 7) is 4.08. The first-order valence-corrected chi connectivity index (χ1v) is 12.5. The van der Waals surface area contributed by atoms with Crippen molar-refractivity contribution < 1.29 is 41.4 Å². The van der Waals surface area contributed by atoms with Crippen LogP contribution in [0, 0.1) is 6.92 Å². The van der Waals surface area contributed by atoms with Crippen LogP contribution in [0.15, 0.2) is 48.8 Å². The van der Waals surface area contributed by atoms with Crippen LogP contribution in [0.25, 0.3) is 11.1 Å². The molecule has 0 radical (unpaired) electrons. The Balaban J connectivity index is 2.17. The van der Waals surface area contributed by atoms with Crippen LogP contribution >= 0.6 is 0 Å². The van der Waals surface area contributed by atoms with Crippen molar-refractivity contribution in [1.29, 1.82) is 0 Å². The van der Waals surface area contributed by atoms with Crippen molar-refractivity contribution in [2.45, 2.75) is 38.5 Å². The third-order valence-electron chi connectivity index (χ3n) is 6.74. The Hall–Kier alpha value is -3.71. The maximum atomic E-state index is 13.8. The summed E-state index contributed by atoms with van der Waals surface area (Å²) in [6, 6.07) is 6.14. The SMILES string of the molecule is Cc1ncccc1-c1cc(N(CCO)CCO)ncc1N(C)C(=O)C(C)(C)c1cc(C(F)(F)F)cc(C(F)(F)F)c1. The fourth-order valence-corrected chi connectivity index (χ4v) is 4.41. The lowest BCUT2D eigenvalue weighted by molar-refractivity contribution is -0.143. The fourth-order valence-electron chi connectivity index (χ4n) is 4.41. The van der Waals surface area contributed by atoms with E-state index in [1.165, 1.54) is 27.1 Å². The lowest BCUT2D eigenvalue weighted by Gasteiger charge is -2.32. The number of carbonyl (C=O) groups excluding carboxylic acids is 1. The van der Waals surface area contributed by atoms with Gasteiger partial charge in [-0.05, 0) is 56.7 Å². The second-order valence-corrected chi connectivity index (χ2v) is 9.91. The molecular formula is C28H30F6N4O3. The van der Waals surface area contributed by atoms with Gasteiger partial charge in [0.2, 0.25) is 5.91 Å². The van der Waals surface area contributed by atoms with Gasteiger partial charge in [-0.15, -0.1) is 0 Å². The van der Waals surface area contributed by atoms with E-state index >= 15 is 0 Å². The minimum atomic E-state index is -5.07. The van der Waals surface area contributed by atoms with Gasteiger partial charge in [-0.2, -0.15) is 26.3 Å². The Morgan fingerprint density at radius 2 is 1.39 bits per heavy atom. The number of aliphatic hydroxyl groups excluding tert-OH is 2. The van der Waals surface area contributed by atoms with Crippen molar-refractivity contribution in [3.8, 4) is 11.1 Å². The number of benzene rings is 1. The third-order valence-corrected chi connectivity index (χ3v) is 6.74. The Bertz CT molecular complexity index is 1350. The second-order valence-electron chi connectivity index (χ2n) is 9.91. The molecule has 7 nitrogen and oxygen atoms in total. The number of carbonyl (C=O) groups is 1. The molecule has 0 atom stereocenters. The van der Waals surface area contributed by atoms with Crippen LogP contribution in [0.1, 0.15) is 36.2 Å². The highest BCUT2D eigenvalue weighted by molar-refractivity contribution is 6.03. The summed E-state index contributed by atoms with van der Waals surface area (Å²) in [5.41, 5.74) is -3.47. The van der Waals surface area contributed by atoms with E-state index in [0.717, 1.165) is 4.90 Å². The molecule has 0 spiro atoms. The van der Waals surface area contributed by atoms with E-state index in [0.29, 0.717) is 34.8 Å². The normalized spacial score (nSPS) is 12.4. The summed E-state index contributed by atoms with van der Waals surface area (Å²) < 4.78 is 81.2. The number of anilines is 2. The Morgan fingerprint density at radius 1 is 0.854 bits per heavy atom. The number of likely N-dealkylation sites (N-methyl/N-ethyl adjacent to an activating group) is 1. The summed E-state index contributed by atoms with van der Waals surface area (Å²) in [5, 5.41) is 18.9. The molecule has 2 N–H and O–H groups in total. The highest BCUT2D eigenvalue weighted by Gasteiger charge is 2.41. The number of aryl methyl sites for hydroxylation is 1. The number of hydrogen-bond donors (Lipinski definition) is 2. The smallest absolute Gasteiger partial charge is 0.395 e. The lowest BCUT2D eigenvalue weighted by atomic mass is 9.81. The molecule has 0 fully saturated rings. The van der Waals surface area contributed by atoms with Crippen LogP contribution in [-0.2, 0) is 22.6 Å². The first-order chi connectivity index (χ1) is 19.0. The molecule has 0 bridgehead atoms. The van der Waals surface area contributed by atoms with Crippen molar-refractivity contribution in [3.63, 3.8) is 0 Å². The summed E-state index contributed by atoms with van der Waals surface area (Å²) in [4.78, 5) is 25.2. The molecule has 0 saturated heterocycles. The second kappa shape index (κ2) is 12.0. The molecule has 222 valence electrons. The van der Waals surface area contributed by atoms with Crippen molar-refractivity contribution >= 4 is 17.4 Å². The average Bonchev–Trinajstić information content (AvgIpc) is 2.91. The predicted molar refractivity (Wildman–Crippen MR) is 141 cm³/mol. The molecule has 0 aliphatic rings. The number of alkyl halides is 6. The van der Waals surface area contributed by atoms with Gasteiger partial charge < -0.3 is 20.0 Å². The molecule has 1 amide bonds. The Kier molecular flexibility index (Phi) is 9.34. The molecule has 13 heteroatoms. The van der Waals surface area contributed by atoms with E-state index in [1.54, 1.807) is 36.2 Å². The first kappa shape index (κ1) is 31.8. The summed E-state index contributed by atoms with van der Waals surface area (Å²) in [6.07, 6.45) is -7.23. The van der Waals surface area contributed by atoms with Crippen LogP contribution < -0.4 is 9.80 Å². The molecule has 0 unspecified atom stereocenters. The molecule has 1 aromatic carbocycles. The largest absolute Gasteiger partial charge is 0.416 e. The van der Waals surface area contributed by atoms with Gasteiger partial charge in [0, 0.05) is 43.2 Å². The van der Waals surface area contributed by atoms with Crippen LogP contribution in [0.5, 0.6) is 0 Å². The van der Waals surface area contributed by atoms with Gasteiger partial charge >= 0.3 is 12.4 Å². The van der Waals surface area contributed by atoms with Gasteiger partial charge in [-0.3, -0.25) is 9.78 Å². The highest BCUT2D eigenvalue weighted by atomic mass is 19.4. The molecule has 3 rings (SSSR count). The number of nitrogens with zero attached hydrogens (tertiary/aromatic N) is 4. The van der Waals surface area contributed by atoms with Crippen molar-refractivity contribution in [1.82, 2.24) is 9.97 Å². The van der Waals surface area contributed by atoms with Crippen LogP contribution in [0.2, 0.25) is 0 Å².